The van der Waals surface area contributed by atoms with E-state index in [-0.39, 0.29) is 12.2 Å². The van der Waals surface area contributed by atoms with Gasteiger partial charge in [-0.3, -0.25) is 0 Å². The molecule has 24 heavy (non-hydrogen) atoms. The number of nitrogens with one attached hydrogen (secondary N) is 1. The Bertz CT molecular complexity index is 688. The van der Waals surface area contributed by atoms with Gasteiger partial charge in [0.15, 0.2) is 0 Å². The summed E-state index contributed by atoms with van der Waals surface area (Å²) >= 11 is 0. The van der Waals surface area contributed by atoms with E-state index in [0.29, 0.717) is 24.5 Å². The molecule has 1 saturated heterocycles. The van der Waals surface area contributed by atoms with Crippen molar-refractivity contribution in [3.05, 3.63) is 65.5 Å². The Labute approximate surface area is 141 Å². The fraction of sp³-hybridized carbons (Fsp3) is 0.368. The zero-order valence-corrected chi connectivity index (χ0v) is 13.7. The van der Waals surface area contributed by atoms with E-state index in [1.807, 2.05) is 24.3 Å². The van der Waals surface area contributed by atoms with E-state index >= 15 is 0 Å². The smallest absolute Gasteiger partial charge is 0.123 e. The van der Waals surface area contributed by atoms with Crippen molar-refractivity contribution in [2.75, 3.05) is 26.8 Å². The Morgan fingerprint density at radius 3 is 2.83 bits per heavy atom. The average molecular weight is 331 g/mol. The lowest BCUT2D eigenvalue weighted by Gasteiger charge is -2.39. The summed E-state index contributed by atoms with van der Waals surface area (Å²) in [5.74, 6) is 0.311. The van der Waals surface area contributed by atoms with Crippen LogP contribution >= 0.6 is 0 Å². The number of benzene rings is 2. The van der Waals surface area contributed by atoms with Crippen LogP contribution in [-0.4, -0.2) is 38.0 Å². The van der Waals surface area contributed by atoms with Crippen LogP contribution in [0.1, 0.15) is 11.1 Å². The van der Waals surface area contributed by atoms with Crippen molar-refractivity contribution < 1.29 is 19.0 Å². The largest absolute Gasteiger partial charge is 0.496 e. The maximum Gasteiger partial charge on any atom is 0.123 e. The lowest BCUT2D eigenvalue weighted by atomic mass is 9.81. The summed E-state index contributed by atoms with van der Waals surface area (Å²) < 4.78 is 25.0. The standard InChI is InChI=1S/C19H22FNO3/c1-23-17-8-3-2-5-14(17)12-19(22,18-13-21-9-10-24-18)15-6-4-7-16(20)11-15/h2-8,11,18,21-22H,9-10,12-13H2,1H3/t18-,19+/m0/s1. The first kappa shape index (κ1) is 16.9. The fourth-order valence-electron chi connectivity index (χ4n) is 3.17. The van der Waals surface area contributed by atoms with Gasteiger partial charge in [-0.2, -0.15) is 0 Å². The summed E-state index contributed by atoms with van der Waals surface area (Å²) in [6.45, 7) is 1.75. The van der Waals surface area contributed by atoms with Crippen molar-refractivity contribution in [2.24, 2.45) is 0 Å². The molecule has 1 aliphatic rings. The first-order valence-corrected chi connectivity index (χ1v) is 8.06. The van der Waals surface area contributed by atoms with Crippen LogP contribution in [0.25, 0.3) is 0 Å². The van der Waals surface area contributed by atoms with Crippen LogP contribution in [0.4, 0.5) is 4.39 Å². The van der Waals surface area contributed by atoms with Gasteiger partial charge in [0.05, 0.1) is 13.7 Å². The minimum Gasteiger partial charge on any atom is -0.496 e. The van der Waals surface area contributed by atoms with Gasteiger partial charge >= 0.3 is 0 Å². The lowest BCUT2D eigenvalue weighted by molar-refractivity contribution is -0.124. The molecule has 2 aromatic rings. The summed E-state index contributed by atoms with van der Waals surface area (Å²) in [4.78, 5) is 0. The number of aliphatic hydroxyl groups is 1. The van der Waals surface area contributed by atoms with Crippen LogP contribution in [0, 0.1) is 5.82 Å². The Kier molecular flexibility index (Phi) is 5.14. The molecule has 1 heterocycles. The number of hydrogen-bond donors (Lipinski definition) is 2. The number of hydrogen-bond acceptors (Lipinski definition) is 4. The van der Waals surface area contributed by atoms with E-state index in [0.717, 1.165) is 12.1 Å². The Morgan fingerprint density at radius 1 is 1.29 bits per heavy atom. The average Bonchev–Trinajstić information content (AvgIpc) is 2.63. The number of para-hydroxylation sites is 1. The number of ether oxygens (including phenoxy) is 2. The summed E-state index contributed by atoms with van der Waals surface area (Å²) in [6.07, 6.45) is -0.203. The van der Waals surface area contributed by atoms with E-state index < -0.39 is 11.7 Å². The third-order valence-corrected chi connectivity index (χ3v) is 4.44. The maximum atomic E-state index is 13.8. The first-order valence-electron chi connectivity index (χ1n) is 8.06. The lowest BCUT2D eigenvalue weighted by Crippen LogP contribution is -2.52. The minimum atomic E-state index is -1.36. The maximum absolute atomic E-state index is 13.8. The van der Waals surface area contributed by atoms with E-state index in [2.05, 4.69) is 5.32 Å². The minimum absolute atomic E-state index is 0.271. The van der Waals surface area contributed by atoms with Crippen molar-refractivity contribution in [3.63, 3.8) is 0 Å². The van der Waals surface area contributed by atoms with Gasteiger partial charge < -0.3 is 19.9 Å². The molecule has 0 aliphatic carbocycles. The zero-order chi connectivity index (χ0) is 17.0. The molecule has 5 heteroatoms. The highest BCUT2D eigenvalue weighted by molar-refractivity contribution is 5.37. The second-order valence-electron chi connectivity index (χ2n) is 5.99. The van der Waals surface area contributed by atoms with Crippen LogP contribution in [0.15, 0.2) is 48.5 Å². The fourth-order valence-corrected chi connectivity index (χ4v) is 3.17. The second-order valence-corrected chi connectivity index (χ2v) is 5.99. The van der Waals surface area contributed by atoms with Crippen LogP contribution in [-0.2, 0) is 16.8 Å². The van der Waals surface area contributed by atoms with Gasteiger partial charge in [0.2, 0.25) is 0 Å². The molecule has 0 saturated carbocycles. The Hall–Kier alpha value is -1.95. The van der Waals surface area contributed by atoms with Crippen molar-refractivity contribution in [2.45, 2.75) is 18.1 Å². The molecule has 0 unspecified atom stereocenters. The number of rotatable bonds is 5. The molecule has 0 bridgehead atoms. The third kappa shape index (κ3) is 3.43. The Balaban J connectivity index is 2.01. The quantitative estimate of drug-likeness (QED) is 0.882. The van der Waals surface area contributed by atoms with E-state index in [9.17, 15) is 9.50 Å². The summed E-state index contributed by atoms with van der Waals surface area (Å²) in [5.41, 5.74) is -0.00695. The van der Waals surface area contributed by atoms with Gasteiger partial charge in [0, 0.05) is 19.5 Å². The summed E-state index contributed by atoms with van der Waals surface area (Å²) in [7, 11) is 1.60. The monoisotopic (exact) mass is 331 g/mol. The molecule has 3 rings (SSSR count). The molecular weight excluding hydrogens is 309 g/mol. The molecule has 0 spiro atoms. The van der Waals surface area contributed by atoms with Gasteiger partial charge in [-0.05, 0) is 29.3 Å². The van der Waals surface area contributed by atoms with Crippen molar-refractivity contribution >= 4 is 0 Å². The van der Waals surface area contributed by atoms with Crippen LogP contribution in [0.3, 0.4) is 0 Å². The molecule has 0 aromatic heterocycles. The van der Waals surface area contributed by atoms with E-state index in [4.69, 9.17) is 9.47 Å². The highest BCUT2D eigenvalue weighted by atomic mass is 19.1. The van der Waals surface area contributed by atoms with Gasteiger partial charge in [-0.1, -0.05) is 30.3 Å². The van der Waals surface area contributed by atoms with Crippen LogP contribution in [0.2, 0.25) is 0 Å². The molecule has 4 nitrogen and oxygen atoms in total. The van der Waals surface area contributed by atoms with Gasteiger partial charge in [0.25, 0.3) is 0 Å². The first-order chi connectivity index (χ1) is 11.6. The summed E-state index contributed by atoms with van der Waals surface area (Å²) in [5, 5.41) is 14.7. The highest BCUT2D eigenvalue weighted by Gasteiger charge is 2.41. The highest BCUT2D eigenvalue weighted by Crippen LogP contribution is 2.35. The zero-order valence-electron chi connectivity index (χ0n) is 13.7. The molecule has 1 aliphatic heterocycles. The Morgan fingerprint density at radius 2 is 2.12 bits per heavy atom. The number of morpholine rings is 1. The van der Waals surface area contributed by atoms with Gasteiger partial charge in [0.1, 0.15) is 23.3 Å². The molecule has 0 radical (unpaired) electrons. The predicted octanol–water partition coefficient (Wildman–Crippen LogP) is 2.25. The summed E-state index contributed by atoms with van der Waals surface area (Å²) in [6, 6.07) is 13.6. The normalized spacial score (nSPS) is 20.4. The van der Waals surface area contributed by atoms with Crippen molar-refractivity contribution in [1.82, 2.24) is 5.32 Å². The molecule has 0 amide bonds. The molecular formula is C19H22FNO3. The van der Waals surface area contributed by atoms with Crippen LogP contribution in [0.5, 0.6) is 5.75 Å². The van der Waals surface area contributed by atoms with Crippen molar-refractivity contribution in [1.29, 1.82) is 0 Å². The third-order valence-electron chi connectivity index (χ3n) is 4.44. The second kappa shape index (κ2) is 7.30. The molecule has 1 fully saturated rings. The molecule has 2 N–H and O–H groups in total. The number of halogens is 1. The molecule has 2 aromatic carbocycles. The van der Waals surface area contributed by atoms with Crippen molar-refractivity contribution in [3.8, 4) is 5.75 Å². The number of methoxy groups -OCH3 is 1. The van der Waals surface area contributed by atoms with Gasteiger partial charge in [-0.15, -0.1) is 0 Å². The topological polar surface area (TPSA) is 50.7 Å². The van der Waals surface area contributed by atoms with E-state index in [1.165, 1.54) is 12.1 Å². The van der Waals surface area contributed by atoms with Crippen LogP contribution < -0.4 is 10.1 Å². The molecule has 128 valence electrons. The predicted molar refractivity (Wildman–Crippen MR) is 89.6 cm³/mol. The SMILES string of the molecule is COc1ccccc1C[C@@](O)(c1cccc(F)c1)[C@@H]1CNCCO1. The van der Waals surface area contributed by atoms with E-state index in [1.54, 1.807) is 19.2 Å². The molecule has 2 atom stereocenters. The van der Waals surface area contributed by atoms with Gasteiger partial charge in [-0.25, -0.2) is 4.39 Å².